The van der Waals surface area contributed by atoms with Crippen LogP contribution in [0.25, 0.3) is 0 Å². The highest BCUT2D eigenvalue weighted by molar-refractivity contribution is 7.11. The summed E-state index contributed by atoms with van der Waals surface area (Å²) >= 11 is 1.61. The van der Waals surface area contributed by atoms with E-state index in [0.29, 0.717) is 19.0 Å². The van der Waals surface area contributed by atoms with Gasteiger partial charge in [-0.2, -0.15) is 13.2 Å². The zero-order chi connectivity index (χ0) is 18.3. The van der Waals surface area contributed by atoms with E-state index in [0.717, 1.165) is 15.4 Å². The Kier molecular flexibility index (Phi) is 6.63. The van der Waals surface area contributed by atoms with Crippen LogP contribution in [0.3, 0.4) is 0 Å². The summed E-state index contributed by atoms with van der Waals surface area (Å²) in [5.74, 6) is 0.799. The van der Waals surface area contributed by atoms with Gasteiger partial charge in [-0.05, 0) is 24.6 Å². The van der Waals surface area contributed by atoms with Crippen LogP contribution in [0.4, 0.5) is 13.2 Å². The van der Waals surface area contributed by atoms with E-state index in [2.05, 4.69) is 25.3 Å². The number of aromatic nitrogens is 1. The van der Waals surface area contributed by atoms with Crippen LogP contribution >= 0.6 is 11.3 Å². The molecule has 1 aromatic carbocycles. The SMILES string of the molecule is CN=C(NCc1ccc(OCC(F)(F)F)cc1)NCc1ncc(C)s1. The highest BCUT2D eigenvalue weighted by Gasteiger charge is 2.28. The number of guanidine groups is 1. The molecule has 0 aliphatic rings. The van der Waals surface area contributed by atoms with E-state index < -0.39 is 12.8 Å². The molecule has 1 aromatic heterocycles. The Morgan fingerprint density at radius 3 is 2.44 bits per heavy atom. The van der Waals surface area contributed by atoms with Crippen molar-refractivity contribution < 1.29 is 17.9 Å². The molecule has 2 aromatic rings. The molecule has 2 N–H and O–H groups in total. The van der Waals surface area contributed by atoms with Crippen molar-refractivity contribution >= 4 is 17.3 Å². The van der Waals surface area contributed by atoms with Gasteiger partial charge in [-0.25, -0.2) is 4.98 Å². The molecular formula is C16H19F3N4OS. The Bertz CT molecular complexity index is 698. The van der Waals surface area contributed by atoms with E-state index in [-0.39, 0.29) is 5.75 Å². The molecule has 0 radical (unpaired) electrons. The van der Waals surface area contributed by atoms with Crippen molar-refractivity contribution in [2.45, 2.75) is 26.2 Å². The first-order valence-electron chi connectivity index (χ1n) is 7.50. The first-order chi connectivity index (χ1) is 11.9. The second-order valence-electron chi connectivity index (χ2n) is 5.19. The van der Waals surface area contributed by atoms with Gasteiger partial charge in [0.1, 0.15) is 10.8 Å². The lowest BCUT2D eigenvalue weighted by Gasteiger charge is -2.12. The molecule has 0 amide bonds. The summed E-state index contributed by atoms with van der Waals surface area (Å²) in [6.07, 6.45) is -2.52. The van der Waals surface area contributed by atoms with E-state index in [1.165, 1.54) is 12.1 Å². The van der Waals surface area contributed by atoms with Crippen LogP contribution in [0.1, 0.15) is 15.4 Å². The monoisotopic (exact) mass is 372 g/mol. The van der Waals surface area contributed by atoms with Gasteiger partial charge in [0.15, 0.2) is 12.6 Å². The summed E-state index contributed by atoms with van der Waals surface area (Å²) in [7, 11) is 1.66. The lowest BCUT2D eigenvalue weighted by molar-refractivity contribution is -0.153. The maximum atomic E-state index is 12.1. The molecule has 0 aliphatic carbocycles. The summed E-state index contributed by atoms with van der Waals surface area (Å²) in [4.78, 5) is 9.53. The number of nitrogens with zero attached hydrogens (tertiary/aromatic N) is 2. The Balaban J connectivity index is 1.78. The van der Waals surface area contributed by atoms with Crippen LogP contribution < -0.4 is 15.4 Å². The molecule has 0 aliphatic heterocycles. The van der Waals surface area contributed by atoms with Crippen molar-refractivity contribution in [3.05, 3.63) is 45.9 Å². The number of alkyl halides is 3. The predicted octanol–water partition coefficient (Wildman–Crippen LogP) is 3.26. The number of hydrogen-bond donors (Lipinski definition) is 2. The highest BCUT2D eigenvalue weighted by atomic mass is 32.1. The summed E-state index contributed by atoms with van der Waals surface area (Å²) in [5, 5.41) is 7.25. The third kappa shape index (κ3) is 7.00. The van der Waals surface area contributed by atoms with Crippen molar-refractivity contribution in [1.82, 2.24) is 15.6 Å². The minimum Gasteiger partial charge on any atom is -0.484 e. The van der Waals surface area contributed by atoms with Gasteiger partial charge in [0.2, 0.25) is 0 Å². The van der Waals surface area contributed by atoms with Gasteiger partial charge >= 0.3 is 6.18 Å². The Labute approximate surface area is 148 Å². The summed E-state index contributed by atoms with van der Waals surface area (Å²) < 4.78 is 41.0. The molecule has 0 atom stereocenters. The average molecular weight is 372 g/mol. The molecule has 9 heteroatoms. The van der Waals surface area contributed by atoms with E-state index in [1.807, 2.05) is 13.1 Å². The van der Waals surface area contributed by atoms with Crippen LogP contribution in [0.15, 0.2) is 35.5 Å². The second-order valence-corrected chi connectivity index (χ2v) is 6.51. The third-order valence-corrected chi connectivity index (χ3v) is 4.00. The highest BCUT2D eigenvalue weighted by Crippen LogP contribution is 2.18. The molecule has 1 heterocycles. The molecule has 0 saturated carbocycles. The fourth-order valence-electron chi connectivity index (χ4n) is 1.92. The third-order valence-electron chi connectivity index (χ3n) is 3.09. The van der Waals surface area contributed by atoms with Gasteiger partial charge in [-0.3, -0.25) is 4.99 Å². The van der Waals surface area contributed by atoms with E-state index in [4.69, 9.17) is 0 Å². The van der Waals surface area contributed by atoms with Crippen LogP contribution in [0, 0.1) is 6.92 Å². The fourth-order valence-corrected chi connectivity index (χ4v) is 2.64. The van der Waals surface area contributed by atoms with Crippen molar-refractivity contribution in [2.75, 3.05) is 13.7 Å². The number of hydrogen-bond acceptors (Lipinski definition) is 4. The maximum absolute atomic E-state index is 12.1. The van der Waals surface area contributed by atoms with E-state index in [1.54, 1.807) is 30.5 Å². The Hall–Kier alpha value is -2.29. The normalized spacial score (nSPS) is 12.1. The molecule has 0 saturated heterocycles. The minimum absolute atomic E-state index is 0.183. The van der Waals surface area contributed by atoms with Gasteiger partial charge in [0, 0.05) is 24.7 Å². The Morgan fingerprint density at radius 2 is 1.88 bits per heavy atom. The lowest BCUT2D eigenvalue weighted by Crippen LogP contribution is -2.36. The van der Waals surface area contributed by atoms with Crippen molar-refractivity contribution in [1.29, 1.82) is 0 Å². The van der Waals surface area contributed by atoms with E-state index >= 15 is 0 Å². The van der Waals surface area contributed by atoms with Crippen LogP contribution in [0.5, 0.6) is 5.75 Å². The molecule has 25 heavy (non-hydrogen) atoms. The zero-order valence-electron chi connectivity index (χ0n) is 13.9. The largest absolute Gasteiger partial charge is 0.484 e. The topological polar surface area (TPSA) is 58.5 Å². The molecule has 0 unspecified atom stereocenters. The number of halogens is 3. The first-order valence-corrected chi connectivity index (χ1v) is 8.31. The average Bonchev–Trinajstić information content (AvgIpc) is 2.99. The predicted molar refractivity (Wildman–Crippen MR) is 91.9 cm³/mol. The molecule has 0 fully saturated rings. The molecule has 136 valence electrons. The number of benzene rings is 1. The molecule has 5 nitrogen and oxygen atoms in total. The summed E-state index contributed by atoms with van der Waals surface area (Å²) in [5.41, 5.74) is 0.896. The number of nitrogens with one attached hydrogen (secondary N) is 2. The summed E-state index contributed by atoms with van der Waals surface area (Å²) in [6, 6.07) is 6.43. The van der Waals surface area contributed by atoms with Gasteiger partial charge in [0.25, 0.3) is 0 Å². The second kappa shape index (κ2) is 8.70. The minimum atomic E-state index is -4.34. The smallest absolute Gasteiger partial charge is 0.422 e. The fraction of sp³-hybridized carbons (Fsp3) is 0.375. The number of aryl methyl sites for hydroxylation is 1. The van der Waals surface area contributed by atoms with Gasteiger partial charge in [0.05, 0.1) is 6.54 Å². The summed E-state index contributed by atoms with van der Waals surface area (Å²) in [6.45, 7) is 1.76. The molecule has 0 spiro atoms. The molecule has 2 rings (SSSR count). The number of ether oxygens (including phenoxy) is 1. The van der Waals surface area contributed by atoms with Crippen molar-refractivity contribution in [3.63, 3.8) is 0 Å². The quantitative estimate of drug-likeness (QED) is 0.604. The molecule has 0 bridgehead atoms. The van der Waals surface area contributed by atoms with Crippen molar-refractivity contribution in [3.8, 4) is 5.75 Å². The van der Waals surface area contributed by atoms with Gasteiger partial charge in [-0.15, -0.1) is 11.3 Å². The number of thiazole rings is 1. The maximum Gasteiger partial charge on any atom is 0.422 e. The van der Waals surface area contributed by atoms with Crippen molar-refractivity contribution in [2.24, 2.45) is 4.99 Å². The van der Waals surface area contributed by atoms with Crippen LogP contribution in [-0.2, 0) is 13.1 Å². The number of rotatable bonds is 6. The Morgan fingerprint density at radius 1 is 1.20 bits per heavy atom. The number of aliphatic imine (C=N–C) groups is 1. The van der Waals surface area contributed by atoms with Gasteiger partial charge < -0.3 is 15.4 Å². The van der Waals surface area contributed by atoms with Crippen LogP contribution in [0.2, 0.25) is 0 Å². The van der Waals surface area contributed by atoms with Crippen LogP contribution in [-0.4, -0.2) is 30.8 Å². The molecular weight excluding hydrogens is 353 g/mol. The standard InChI is InChI=1S/C16H19F3N4OS/c1-11-7-21-14(25-11)9-23-15(20-2)22-8-12-3-5-13(6-4-12)24-10-16(17,18)19/h3-7H,8-10H2,1-2H3,(H2,20,22,23). The lowest BCUT2D eigenvalue weighted by atomic mass is 10.2. The van der Waals surface area contributed by atoms with E-state index in [9.17, 15) is 13.2 Å². The zero-order valence-corrected chi connectivity index (χ0v) is 14.7. The van der Waals surface area contributed by atoms with Gasteiger partial charge in [-0.1, -0.05) is 12.1 Å². The first kappa shape index (κ1) is 19.0.